The fourth-order valence-electron chi connectivity index (χ4n) is 3.84. The first-order valence-corrected chi connectivity index (χ1v) is 15.6. The zero-order valence-electron chi connectivity index (χ0n) is 26.1. The molecule has 0 saturated carbocycles. The molecule has 0 N–H and O–H groups in total. The average Bonchev–Trinajstić information content (AvgIpc) is 3.03. The fourth-order valence-corrected chi connectivity index (χ4v) is 3.84. The molecule has 0 atom stereocenters. The van der Waals surface area contributed by atoms with E-state index >= 15 is 0 Å². The highest BCUT2D eigenvalue weighted by atomic mass is 19.2. The van der Waals surface area contributed by atoms with Gasteiger partial charge in [0.15, 0.2) is 0 Å². The van der Waals surface area contributed by atoms with Crippen molar-refractivity contribution in [2.45, 2.75) is 77.6 Å². The molecule has 1 aromatic rings. The topological polar surface area (TPSA) is 98.8 Å². The summed E-state index contributed by atoms with van der Waals surface area (Å²) in [5.41, 5.74) is 0. The summed E-state index contributed by atoms with van der Waals surface area (Å²) in [6, 6.07) is 0. The molecule has 260 valence electrons. The molecule has 0 amide bonds. The van der Waals surface area contributed by atoms with Crippen molar-refractivity contribution in [1.82, 2.24) is 0 Å². The number of unbranched alkanes of at least 4 members (excludes halogenated alkanes) is 8. The van der Waals surface area contributed by atoms with E-state index in [2.05, 4.69) is 11.7 Å². The molecule has 9 nitrogen and oxygen atoms in total. The maximum absolute atomic E-state index is 13.5. The predicted molar refractivity (Wildman–Crippen MR) is 153 cm³/mol. The normalized spacial score (nSPS) is 11.2. The summed E-state index contributed by atoms with van der Waals surface area (Å²) in [7, 11) is 0. The summed E-state index contributed by atoms with van der Waals surface area (Å²) in [6.45, 7) is 4.80. The summed E-state index contributed by atoms with van der Waals surface area (Å²) >= 11 is 0. The zero-order valence-corrected chi connectivity index (χ0v) is 26.1. The van der Waals surface area contributed by atoms with Gasteiger partial charge in [0.1, 0.15) is 6.61 Å². The smallest absolute Gasteiger partial charge is 0.313 e. The Morgan fingerprint density at radius 3 is 1.29 bits per heavy atom. The number of carbonyl (C=O) groups is 2. The van der Waals surface area contributed by atoms with Gasteiger partial charge < -0.3 is 33.2 Å². The van der Waals surface area contributed by atoms with Crippen molar-refractivity contribution in [2.75, 3.05) is 72.7 Å². The van der Waals surface area contributed by atoms with Crippen molar-refractivity contribution in [3.05, 3.63) is 29.1 Å². The van der Waals surface area contributed by atoms with Crippen molar-refractivity contribution in [3.63, 3.8) is 0 Å². The minimum Gasteiger partial charge on any atom is -0.463 e. The van der Waals surface area contributed by atoms with Crippen LogP contribution in [0.1, 0.15) is 77.6 Å². The lowest BCUT2D eigenvalue weighted by Gasteiger charge is -2.09. The van der Waals surface area contributed by atoms with Crippen LogP contribution in [0.5, 0.6) is 5.75 Å². The van der Waals surface area contributed by atoms with Crippen LogP contribution >= 0.6 is 0 Å². The monoisotopic (exact) mass is 658 g/mol. The van der Waals surface area contributed by atoms with Gasteiger partial charge >= 0.3 is 11.9 Å². The number of hydrogen-bond acceptors (Lipinski definition) is 9. The van der Waals surface area contributed by atoms with Crippen LogP contribution < -0.4 is 4.74 Å². The number of halogens is 5. The van der Waals surface area contributed by atoms with Gasteiger partial charge in [-0.15, -0.1) is 0 Å². The highest BCUT2D eigenvalue weighted by Crippen LogP contribution is 2.29. The first kappa shape index (κ1) is 40.6. The molecule has 1 rings (SSSR count). The first-order chi connectivity index (χ1) is 21.8. The van der Waals surface area contributed by atoms with Crippen molar-refractivity contribution < 1.29 is 64.7 Å². The fraction of sp³-hybridized carbons (Fsp3) is 0.742. The minimum atomic E-state index is -2.35. The van der Waals surface area contributed by atoms with Gasteiger partial charge in [0.25, 0.3) is 0 Å². The zero-order chi connectivity index (χ0) is 33.1. The highest BCUT2D eigenvalue weighted by molar-refractivity contribution is 5.72. The predicted octanol–water partition coefficient (Wildman–Crippen LogP) is 6.22. The van der Waals surface area contributed by atoms with E-state index in [1.807, 2.05) is 0 Å². The van der Waals surface area contributed by atoms with Gasteiger partial charge in [0.2, 0.25) is 34.8 Å². The Hall–Kier alpha value is -2.39. The van der Waals surface area contributed by atoms with E-state index < -0.39 is 47.2 Å². The number of ether oxygens (including phenoxy) is 7. The molecular weight excluding hydrogens is 611 g/mol. The number of carbonyl (C=O) groups excluding carboxylic acids is 2. The molecule has 0 aliphatic rings. The third-order valence-electron chi connectivity index (χ3n) is 6.30. The molecule has 0 saturated heterocycles. The molecule has 45 heavy (non-hydrogen) atoms. The van der Waals surface area contributed by atoms with Crippen molar-refractivity contribution in [3.8, 4) is 5.75 Å². The van der Waals surface area contributed by atoms with Crippen molar-refractivity contribution in [1.29, 1.82) is 0 Å². The summed E-state index contributed by atoms with van der Waals surface area (Å²) in [6.07, 6.45) is 10.8. The van der Waals surface area contributed by atoms with E-state index in [-0.39, 0.29) is 39.0 Å². The lowest BCUT2D eigenvalue weighted by molar-refractivity contribution is -0.145. The van der Waals surface area contributed by atoms with Crippen LogP contribution in [-0.4, -0.2) is 84.6 Å². The second-order valence-electron chi connectivity index (χ2n) is 9.98. The third-order valence-corrected chi connectivity index (χ3v) is 6.30. The van der Waals surface area contributed by atoms with Gasteiger partial charge in [0.05, 0.1) is 72.5 Å². The Morgan fingerprint density at radius 2 is 0.822 bits per heavy atom. The van der Waals surface area contributed by atoms with Gasteiger partial charge in [-0.1, -0.05) is 58.3 Å². The van der Waals surface area contributed by atoms with Crippen LogP contribution in [0, 0.1) is 29.1 Å². The standard InChI is InChI=1S/C31H47F5O9/c1-2-3-4-5-6-7-8-9-10-11-24(37)44-23-22-43-21-20-42-19-18-41-17-16-40-15-14-39-13-12-25(38)45-31-29(35)27(33)26(32)28(34)30(31)36/h2-23H2,1H3. The summed E-state index contributed by atoms with van der Waals surface area (Å²) in [4.78, 5) is 23.4. The molecule has 0 aliphatic carbocycles. The molecule has 0 aromatic heterocycles. The quantitative estimate of drug-likeness (QED) is 0.0248. The molecule has 0 aliphatic heterocycles. The third kappa shape index (κ3) is 19.7. The Labute approximate surface area is 262 Å². The first-order valence-electron chi connectivity index (χ1n) is 15.6. The molecule has 0 unspecified atom stereocenters. The lowest BCUT2D eigenvalue weighted by Crippen LogP contribution is -2.16. The van der Waals surface area contributed by atoms with Gasteiger partial charge in [-0.25, -0.2) is 13.2 Å². The van der Waals surface area contributed by atoms with Gasteiger partial charge in [-0.3, -0.25) is 9.59 Å². The van der Waals surface area contributed by atoms with E-state index in [4.69, 9.17) is 28.4 Å². The SMILES string of the molecule is CCCCCCCCCCCC(=O)OCCOCCOCCOCCOCCOCCC(=O)Oc1c(F)c(F)c(F)c(F)c1F. The second kappa shape index (κ2) is 26.8. The van der Waals surface area contributed by atoms with E-state index in [9.17, 15) is 31.5 Å². The molecule has 0 radical (unpaired) electrons. The molecule has 0 spiro atoms. The van der Waals surface area contributed by atoms with Crippen LogP contribution in [0.3, 0.4) is 0 Å². The molecule has 0 fully saturated rings. The summed E-state index contributed by atoms with van der Waals surface area (Å²) < 4.78 is 102. The molecule has 1 aromatic carbocycles. The summed E-state index contributed by atoms with van der Waals surface area (Å²) in [5, 5.41) is 0. The van der Waals surface area contributed by atoms with Crippen molar-refractivity contribution in [2.24, 2.45) is 0 Å². The van der Waals surface area contributed by atoms with Crippen LogP contribution in [0.15, 0.2) is 0 Å². The Bertz CT molecular complexity index is 924. The van der Waals surface area contributed by atoms with Crippen LogP contribution in [-0.2, 0) is 38.0 Å². The van der Waals surface area contributed by atoms with Gasteiger partial charge in [0, 0.05) is 6.42 Å². The van der Waals surface area contributed by atoms with Gasteiger partial charge in [-0.05, 0) is 6.42 Å². The van der Waals surface area contributed by atoms with Crippen LogP contribution in [0.25, 0.3) is 0 Å². The van der Waals surface area contributed by atoms with E-state index in [1.54, 1.807) is 0 Å². The van der Waals surface area contributed by atoms with Crippen molar-refractivity contribution >= 4 is 11.9 Å². The Kier molecular flexibility index (Phi) is 24.2. The van der Waals surface area contributed by atoms with E-state index in [0.29, 0.717) is 46.1 Å². The number of benzene rings is 1. The largest absolute Gasteiger partial charge is 0.463 e. The Morgan fingerprint density at radius 1 is 0.444 bits per heavy atom. The maximum Gasteiger partial charge on any atom is 0.313 e. The molecule has 0 bridgehead atoms. The Balaban J connectivity index is 1.83. The molecule has 14 heteroatoms. The summed E-state index contributed by atoms with van der Waals surface area (Å²) in [5.74, 6) is -14.3. The average molecular weight is 659 g/mol. The second-order valence-corrected chi connectivity index (χ2v) is 9.98. The number of hydrogen-bond donors (Lipinski definition) is 0. The van der Waals surface area contributed by atoms with Crippen LogP contribution in [0.4, 0.5) is 22.0 Å². The number of esters is 2. The van der Waals surface area contributed by atoms with E-state index in [1.165, 1.54) is 44.9 Å². The van der Waals surface area contributed by atoms with Crippen LogP contribution in [0.2, 0.25) is 0 Å². The highest BCUT2D eigenvalue weighted by Gasteiger charge is 2.28. The number of rotatable bonds is 29. The molecule has 0 heterocycles. The van der Waals surface area contributed by atoms with Gasteiger partial charge in [-0.2, -0.15) is 8.78 Å². The minimum absolute atomic E-state index is 0.0808. The van der Waals surface area contributed by atoms with E-state index in [0.717, 1.165) is 12.8 Å². The maximum atomic E-state index is 13.5. The lowest BCUT2D eigenvalue weighted by atomic mass is 10.1. The molecular formula is C31H47F5O9.